The number of rotatable bonds is 2. The van der Waals surface area contributed by atoms with Crippen molar-refractivity contribution in [2.45, 2.75) is 12.5 Å². The molecule has 0 saturated heterocycles. The van der Waals surface area contributed by atoms with Crippen LogP contribution in [0.2, 0.25) is 5.02 Å². The molecule has 4 rings (SSSR count). The fourth-order valence-electron chi connectivity index (χ4n) is 3.08. The average Bonchev–Trinajstić information content (AvgIpc) is 3.25. The molecule has 0 spiro atoms. The molecule has 1 amide bonds. The molecule has 2 nitrogen and oxygen atoms in total. The minimum Gasteiger partial charge on any atom is -0.326 e. The molecule has 0 fully saturated rings. The van der Waals surface area contributed by atoms with Crippen LogP contribution in [-0.2, 0) is 6.42 Å². The molecule has 3 heterocycles. The van der Waals surface area contributed by atoms with Gasteiger partial charge >= 0.3 is 0 Å². The monoisotopic (exact) mass is 359 g/mol. The summed E-state index contributed by atoms with van der Waals surface area (Å²) < 4.78 is 0. The highest BCUT2D eigenvalue weighted by molar-refractivity contribution is 7.12. The smallest absolute Gasteiger partial charge is 0.264 e. The number of fused-ring (bicyclic) bond motifs is 1. The first kappa shape index (κ1) is 14.9. The Labute approximate surface area is 148 Å². The lowest BCUT2D eigenvalue weighted by atomic mass is 9.93. The van der Waals surface area contributed by atoms with Gasteiger partial charge in [-0.3, -0.25) is 4.79 Å². The number of carbonyl (C=O) groups is 1. The fourth-order valence-corrected chi connectivity index (χ4v) is 4.79. The fraction of sp³-hybridized carbons (Fsp3) is 0.167. The molecular formula is C18H14ClNOS2. The van der Waals surface area contributed by atoms with Crippen molar-refractivity contribution in [3.05, 3.63) is 79.1 Å². The van der Waals surface area contributed by atoms with Crippen LogP contribution in [0.1, 0.15) is 31.7 Å². The van der Waals surface area contributed by atoms with Crippen molar-refractivity contribution in [2.24, 2.45) is 0 Å². The largest absolute Gasteiger partial charge is 0.326 e. The summed E-state index contributed by atoms with van der Waals surface area (Å²) in [6.45, 7) is 0.748. The highest BCUT2D eigenvalue weighted by atomic mass is 35.5. The second kappa shape index (κ2) is 6.11. The van der Waals surface area contributed by atoms with Crippen molar-refractivity contribution in [3.8, 4) is 0 Å². The number of amides is 1. The molecular weight excluding hydrogens is 346 g/mol. The van der Waals surface area contributed by atoms with E-state index in [9.17, 15) is 4.79 Å². The molecule has 0 N–H and O–H groups in total. The predicted molar refractivity (Wildman–Crippen MR) is 96.7 cm³/mol. The van der Waals surface area contributed by atoms with Crippen molar-refractivity contribution < 1.29 is 4.79 Å². The number of hydrogen-bond donors (Lipinski definition) is 0. The third kappa shape index (κ3) is 2.71. The molecule has 1 aromatic carbocycles. The summed E-state index contributed by atoms with van der Waals surface area (Å²) in [6.07, 6.45) is 0.925. The van der Waals surface area contributed by atoms with E-state index in [0.717, 1.165) is 23.4 Å². The van der Waals surface area contributed by atoms with Gasteiger partial charge in [-0.25, -0.2) is 0 Å². The van der Waals surface area contributed by atoms with E-state index in [1.54, 1.807) is 11.3 Å². The Balaban J connectivity index is 1.79. The number of halogens is 1. The van der Waals surface area contributed by atoms with E-state index < -0.39 is 0 Å². The van der Waals surface area contributed by atoms with E-state index >= 15 is 0 Å². The van der Waals surface area contributed by atoms with Gasteiger partial charge in [0.1, 0.15) is 0 Å². The van der Waals surface area contributed by atoms with Gasteiger partial charge in [-0.1, -0.05) is 29.8 Å². The second-order valence-electron chi connectivity index (χ2n) is 5.48. The highest BCUT2D eigenvalue weighted by Gasteiger charge is 2.33. The average molecular weight is 360 g/mol. The van der Waals surface area contributed by atoms with Crippen LogP contribution < -0.4 is 0 Å². The normalized spacial score (nSPS) is 17.1. The predicted octanol–water partition coefficient (Wildman–Crippen LogP) is 5.25. The van der Waals surface area contributed by atoms with Crippen LogP contribution >= 0.6 is 34.3 Å². The van der Waals surface area contributed by atoms with Crippen LogP contribution in [0.4, 0.5) is 0 Å². The number of hydrogen-bond acceptors (Lipinski definition) is 3. The summed E-state index contributed by atoms with van der Waals surface area (Å²) >= 11 is 9.31. The van der Waals surface area contributed by atoms with Crippen LogP contribution in [0.25, 0.3) is 0 Å². The van der Waals surface area contributed by atoms with Gasteiger partial charge in [0.2, 0.25) is 0 Å². The first-order chi connectivity index (χ1) is 11.2. The van der Waals surface area contributed by atoms with Crippen molar-refractivity contribution in [1.82, 2.24) is 4.90 Å². The van der Waals surface area contributed by atoms with Gasteiger partial charge in [-0.15, -0.1) is 22.7 Å². The third-order valence-electron chi connectivity index (χ3n) is 4.14. The number of thiophene rings is 2. The molecule has 116 valence electrons. The maximum atomic E-state index is 13.0. The third-order valence-corrected chi connectivity index (χ3v) is 6.25. The quantitative estimate of drug-likeness (QED) is 0.611. The highest BCUT2D eigenvalue weighted by Crippen LogP contribution is 2.39. The number of carbonyl (C=O) groups excluding carboxylic acids is 1. The first-order valence-electron chi connectivity index (χ1n) is 7.40. The van der Waals surface area contributed by atoms with Gasteiger partial charge in [0.25, 0.3) is 5.91 Å². The van der Waals surface area contributed by atoms with E-state index in [1.807, 2.05) is 46.7 Å². The minimum atomic E-state index is -0.0307. The number of benzene rings is 1. The van der Waals surface area contributed by atoms with Crippen LogP contribution in [0, 0.1) is 0 Å². The van der Waals surface area contributed by atoms with E-state index in [1.165, 1.54) is 21.8 Å². The van der Waals surface area contributed by atoms with Crippen LogP contribution in [0.5, 0.6) is 0 Å². The Kier molecular flexibility index (Phi) is 3.97. The number of nitrogens with zero attached hydrogens (tertiary/aromatic N) is 1. The molecule has 0 unspecified atom stereocenters. The van der Waals surface area contributed by atoms with Crippen molar-refractivity contribution in [2.75, 3.05) is 6.54 Å². The Bertz CT molecular complexity index is 823. The summed E-state index contributed by atoms with van der Waals surface area (Å²) in [6, 6.07) is 13.8. The molecule has 1 aliphatic rings. The zero-order valence-electron chi connectivity index (χ0n) is 12.2. The van der Waals surface area contributed by atoms with E-state index in [0.29, 0.717) is 5.02 Å². The van der Waals surface area contributed by atoms with E-state index in [2.05, 4.69) is 11.4 Å². The lowest BCUT2D eigenvalue weighted by Crippen LogP contribution is -2.39. The van der Waals surface area contributed by atoms with Gasteiger partial charge in [0.15, 0.2) is 0 Å². The summed E-state index contributed by atoms with van der Waals surface area (Å²) in [5, 5.41) is 4.78. The second-order valence-corrected chi connectivity index (χ2v) is 7.86. The van der Waals surface area contributed by atoms with Crippen molar-refractivity contribution in [3.63, 3.8) is 0 Å². The lowest BCUT2D eigenvalue weighted by molar-refractivity contribution is 0.0701. The Morgan fingerprint density at radius 1 is 1.09 bits per heavy atom. The molecule has 2 aromatic heterocycles. The molecule has 0 aliphatic carbocycles. The van der Waals surface area contributed by atoms with Crippen molar-refractivity contribution in [1.29, 1.82) is 0 Å². The van der Waals surface area contributed by atoms with Gasteiger partial charge in [-0.05, 0) is 52.6 Å². The van der Waals surface area contributed by atoms with Crippen LogP contribution in [0.15, 0.2) is 53.2 Å². The van der Waals surface area contributed by atoms with E-state index in [4.69, 9.17) is 11.6 Å². The zero-order chi connectivity index (χ0) is 15.8. The molecule has 23 heavy (non-hydrogen) atoms. The van der Waals surface area contributed by atoms with Gasteiger partial charge < -0.3 is 4.90 Å². The molecule has 1 atom stereocenters. The molecule has 0 bridgehead atoms. The topological polar surface area (TPSA) is 20.3 Å². The van der Waals surface area contributed by atoms with Crippen LogP contribution in [0.3, 0.4) is 0 Å². The van der Waals surface area contributed by atoms with Gasteiger partial charge in [0, 0.05) is 16.4 Å². The molecule has 5 heteroatoms. The maximum Gasteiger partial charge on any atom is 0.264 e. The van der Waals surface area contributed by atoms with E-state index in [-0.39, 0.29) is 11.9 Å². The standard InChI is InChI=1S/C18H14ClNOS2/c19-13-5-3-12(4-6-13)17-14-8-11-23-15(14)7-9-20(17)18(21)16-2-1-10-22-16/h1-6,8,10-11,17H,7,9H2/t17-/m0/s1. The summed E-state index contributed by atoms with van der Waals surface area (Å²) in [5.74, 6) is 0.108. The lowest BCUT2D eigenvalue weighted by Gasteiger charge is -2.36. The Morgan fingerprint density at radius 3 is 2.65 bits per heavy atom. The van der Waals surface area contributed by atoms with Crippen molar-refractivity contribution >= 4 is 40.2 Å². The summed E-state index contributed by atoms with van der Waals surface area (Å²) in [7, 11) is 0. The minimum absolute atomic E-state index is 0.0307. The van der Waals surface area contributed by atoms with Crippen LogP contribution in [-0.4, -0.2) is 17.4 Å². The van der Waals surface area contributed by atoms with Gasteiger partial charge in [0.05, 0.1) is 10.9 Å². The SMILES string of the molecule is O=C(c1cccs1)N1CCc2sccc2[C@@H]1c1ccc(Cl)cc1. The molecule has 1 aliphatic heterocycles. The Morgan fingerprint density at radius 2 is 1.91 bits per heavy atom. The Hall–Kier alpha value is -1.62. The first-order valence-corrected chi connectivity index (χ1v) is 9.54. The maximum absolute atomic E-state index is 13.0. The summed E-state index contributed by atoms with van der Waals surface area (Å²) in [5.41, 5.74) is 2.35. The molecule has 0 saturated carbocycles. The molecule has 0 radical (unpaired) electrons. The van der Waals surface area contributed by atoms with Gasteiger partial charge in [-0.2, -0.15) is 0 Å². The summed E-state index contributed by atoms with van der Waals surface area (Å²) in [4.78, 5) is 17.1. The zero-order valence-corrected chi connectivity index (χ0v) is 14.6. The molecule has 3 aromatic rings.